The van der Waals surface area contributed by atoms with Crippen molar-refractivity contribution in [1.29, 1.82) is 0 Å². The summed E-state index contributed by atoms with van der Waals surface area (Å²) in [5, 5.41) is 5.43. The third-order valence-electron chi connectivity index (χ3n) is 6.61. The molecule has 0 fully saturated rings. The zero-order valence-corrected chi connectivity index (χ0v) is 25.3. The molecule has 0 aromatic heterocycles. The first-order valence-corrected chi connectivity index (χ1v) is 14.0. The molecular formula is C30H49N3O6. The first kappa shape index (κ1) is 33.9. The summed E-state index contributed by atoms with van der Waals surface area (Å²) in [5.74, 6) is -1.67. The van der Waals surface area contributed by atoms with Gasteiger partial charge in [-0.25, -0.2) is 4.79 Å². The number of benzene rings is 1. The van der Waals surface area contributed by atoms with Crippen molar-refractivity contribution in [2.45, 2.75) is 105 Å². The van der Waals surface area contributed by atoms with Crippen molar-refractivity contribution in [3.8, 4) is 0 Å². The first-order chi connectivity index (χ1) is 18.2. The number of aryl methyl sites for hydroxylation is 2. The minimum absolute atomic E-state index is 0.222. The second kappa shape index (κ2) is 16.1. The van der Waals surface area contributed by atoms with Gasteiger partial charge in [-0.1, -0.05) is 70.2 Å². The van der Waals surface area contributed by atoms with E-state index in [1.807, 2.05) is 45.9 Å². The first-order valence-electron chi connectivity index (χ1n) is 14.0. The summed E-state index contributed by atoms with van der Waals surface area (Å²) >= 11 is 0. The van der Waals surface area contributed by atoms with Crippen molar-refractivity contribution in [3.63, 3.8) is 0 Å². The Kier molecular flexibility index (Phi) is 14.0. The number of ether oxygens (including phenoxy) is 2. The van der Waals surface area contributed by atoms with E-state index in [0.29, 0.717) is 24.9 Å². The Bertz CT molecular complexity index is 972. The van der Waals surface area contributed by atoms with Crippen LogP contribution in [-0.4, -0.2) is 60.6 Å². The Labute approximate surface area is 234 Å². The zero-order valence-electron chi connectivity index (χ0n) is 25.3. The minimum atomic E-state index is -1.00. The second-order valence-corrected chi connectivity index (χ2v) is 11.2. The fourth-order valence-electron chi connectivity index (χ4n) is 4.21. The zero-order chi connectivity index (χ0) is 29.8. The maximum atomic E-state index is 14.3. The quantitative estimate of drug-likeness (QED) is 0.251. The van der Waals surface area contributed by atoms with Crippen LogP contribution in [0.15, 0.2) is 18.2 Å². The Balaban J connectivity index is 3.60. The van der Waals surface area contributed by atoms with Crippen LogP contribution in [-0.2, 0) is 23.9 Å². The number of carbonyl (C=O) groups is 4. The van der Waals surface area contributed by atoms with E-state index >= 15 is 0 Å². The van der Waals surface area contributed by atoms with Crippen LogP contribution in [0.25, 0.3) is 0 Å². The van der Waals surface area contributed by atoms with E-state index in [1.165, 1.54) is 7.11 Å². The van der Waals surface area contributed by atoms with E-state index in [4.69, 9.17) is 9.47 Å². The summed E-state index contributed by atoms with van der Waals surface area (Å²) < 4.78 is 10.2. The Hall–Kier alpha value is -3.10. The number of carbonyl (C=O) groups excluding carboxylic acids is 4. The van der Waals surface area contributed by atoms with Gasteiger partial charge in [-0.3, -0.25) is 14.4 Å². The number of rotatable bonds is 14. The Morgan fingerprint density at radius 3 is 2.26 bits per heavy atom. The lowest BCUT2D eigenvalue weighted by Gasteiger charge is -2.36. The summed E-state index contributed by atoms with van der Waals surface area (Å²) in [7, 11) is 1.25. The van der Waals surface area contributed by atoms with Gasteiger partial charge in [0.1, 0.15) is 24.2 Å². The van der Waals surface area contributed by atoms with Gasteiger partial charge in [-0.15, -0.1) is 0 Å². The van der Waals surface area contributed by atoms with Crippen LogP contribution in [0.5, 0.6) is 0 Å². The Morgan fingerprint density at radius 2 is 1.69 bits per heavy atom. The van der Waals surface area contributed by atoms with Crippen molar-refractivity contribution < 1.29 is 28.7 Å². The molecule has 1 aromatic carbocycles. The van der Waals surface area contributed by atoms with Gasteiger partial charge in [0, 0.05) is 6.54 Å². The largest absolute Gasteiger partial charge is 0.468 e. The maximum Gasteiger partial charge on any atom is 0.408 e. The summed E-state index contributed by atoms with van der Waals surface area (Å²) in [5.41, 5.74) is 1.71. The molecule has 3 atom stereocenters. The molecule has 9 heteroatoms. The van der Waals surface area contributed by atoms with Crippen LogP contribution in [0.4, 0.5) is 4.79 Å². The van der Waals surface area contributed by atoms with E-state index in [0.717, 1.165) is 30.4 Å². The SMILES string of the molecule is CCCCCCN(C(=O)C(NC(=O)OC(C)(C)C)C(C)CC)C(C(=O)NCC(=O)OC)c1cc(C)ccc1C. The highest BCUT2D eigenvalue weighted by atomic mass is 16.6. The van der Waals surface area contributed by atoms with Crippen LogP contribution in [0.3, 0.4) is 0 Å². The van der Waals surface area contributed by atoms with Gasteiger partial charge in [0.05, 0.1) is 7.11 Å². The average Bonchev–Trinajstić information content (AvgIpc) is 2.87. The molecule has 0 bridgehead atoms. The lowest BCUT2D eigenvalue weighted by molar-refractivity contribution is -0.145. The highest BCUT2D eigenvalue weighted by molar-refractivity contribution is 5.93. The normalized spacial score (nSPS) is 13.6. The molecule has 0 spiro atoms. The van der Waals surface area contributed by atoms with Crippen molar-refractivity contribution >= 4 is 23.9 Å². The van der Waals surface area contributed by atoms with Gasteiger partial charge in [0.2, 0.25) is 11.8 Å². The number of methoxy groups -OCH3 is 1. The fourth-order valence-corrected chi connectivity index (χ4v) is 4.21. The standard InChI is InChI=1S/C30H49N3O6/c1-10-12-13-14-17-33(28(36)25(21(4)11-2)32-29(37)39-30(6,7)8)26(27(35)31-19-24(34)38-9)23-18-20(3)15-16-22(23)5/h15-16,18,21,25-26H,10-14,17,19H2,1-9H3,(H,31,35)(H,32,37). The predicted octanol–water partition coefficient (Wildman–Crippen LogP) is 4.98. The van der Waals surface area contributed by atoms with Crippen molar-refractivity contribution in [2.24, 2.45) is 5.92 Å². The number of alkyl carbamates (subject to hydrolysis) is 1. The molecule has 0 saturated heterocycles. The van der Waals surface area contributed by atoms with Gasteiger partial charge < -0.3 is 25.0 Å². The van der Waals surface area contributed by atoms with Gasteiger partial charge in [0.15, 0.2) is 0 Å². The third-order valence-corrected chi connectivity index (χ3v) is 6.61. The molecule has 3 unspecified atom stereocenters. The van der Waals surface area contributed by atoms with Crippen LogP contribution in [0, 0.1) is 19.8 Å². The van der Waals surface area contributed by atoms with Crippen LogP contribution in [0.2, 0.25) is 0 Å². The van der Waals surface area contributed by atoms with Gasteiger partial charge in [-0.2, -0.15) is 0 Å². The van der Waals surface area contributed by atoms with E-state index < -0.39 is 35.7 Å². The topological polar surface area (TPSA) is 114 Å². The monoisotopic (exact) mass is 547 g/mol. The summed E-state index contributed by atoms with van der Waals surface area (Å²) in [6.07, 6.45) is 3.52. The highest BCUT2D eigenvalue weighted by Crippen LogP contribution is 2.28. The van der Waals surface area contributed by atoms with Crippen LogP contribution < -0.4 is 10.6 Å². The third kappa shape index (κ3) is 11.3. The van der Waals surface area contributed by atoms with Crippen molar-refractivity contribution in [1.82, 2.24) is 15.5 Å². The molecule has 1 rings (SSSR count). The van der Waals surface area contributed by atoms with Crippen molar-refractivity contribution in [2.75, 3.05) is 20.2 Å². The molecule has 9 nitrogen and oxygen atoms in total. The smallest absolute Gasteiger partial charge is 0.408 e. The summed E-state index contributed by atoms with van der Waals surface area (Å²) in [4.78, 5) is 54.2. The lowest BCUT2D eigenvalue weighted by atomic mass is 9.93. The molecule has 0 saturated carbocycles. The number of nitrogens with one attached hydrogen (secondary N) is 2. The van der Waals surface area contributed by atoms with Crippen molar-refractivity contribution in [3.05, 3.63) is 34.9 Å². The molecule has 0 radical (unpaired) electrons. The number of unbranched alkanes of at least 4 members (excludes halogenated alkanes) is 3. The molecule has 39 heavy (non-hydrogen) atoms. The molecule has 0 heterocycles. The van der Waals surface area contributed by atoms with Gasteiger partial charge >= 0.3 is 12.1 Å². The van der Waals surface area contributed by atoms with Gasteiger partial charge in [0.25, 0.3) is 0 Å². The predicted molar refractivity (Wildman–Crippen MR) is 152 cm³/mol. The number of hydrogen-bond donors (Lipinski definition) is 2. The number of amides is 3. The molecule has 3 amide bonds. The lowest BCUT2D eigenvalue weighted by Crippen LogP contribution is -2.55. The fraction of sp³-hybridized carbons (Fsp3) is 0.667. The number of hydrogen-bond acceptors (Lipinski definition) is 6. The van der Waals surface area contributed by atoms with Crippen LogP contribution >= 0.6 is 0 Å². The molecule has 0 aliphatic rings. The van der Waals surface area contributed by atoms with Crippen LogP contribution in [0.1, 0.15) is 96.4 Å². The molecule has 0 aliphatic carbocycles. The molecule has 0 aliphatic heterocycles. The van der Waals surface area contributed by atoms with Gasteiger partial charge in [-0.05, 0) is 58.1 Å². The molecule has 2 N–H and O–H groups in total. The van der Waals surface area contributed by atoms with E-state index in [2.05, 4.69) is 17.6 Å². The number of esters is 1. The minimum Gasteiger partial charge on any atom is -0.468 e. The summed E-state index contributed by atoms with van der Waals surface area (Å²) in [6.45, 7) is 15.0. The highest BCUT2D eigenvalue weighted by Gasteiger charge is 2.38. The maximum absolute atomic E-state index is 14.3. The molecule has 1 aromatic rings. The average molecular weight is 548 g/mol. The molecular weight excluding hydrogens is 498 g/mol. The van der Waals surface area contributed by atoms with E-state index in [-0.39, 0.29) is 18.4 Å². The molecule has 220 valence electrons. The van der Waals surface area contributed by atoms with E-state index in [1.54, 1.807) is 25.7 Å². The number of nitrogens with zero attached hydrogens (tertiary/aromatic N) is 1. The Morgan fingerprint density at radius 1 is 1.03 bits per heavy atom. The summed E-state index contributed by atoms with van der Waals surface area (Å²) in [6, 6.07) is 3.84. The van der Waals surface area contributed by atoms with E-state index in [9.17, 15) is 19.2 Å². The second-order valence-electron chi connectivity index (χ2n) is 11.2.